The second-order valence-electron chi connectivity index (χ2n) is 11.4. The van der Waals surface area contributed by atoms with E-state index in [2.05, 4.69) is 20.8 Å². The summed E-state index contributed by atoms with van der Waals surface area (Å²) in [6.07, 6.45) is 3.12. The quantitative estimate of drug-likeness (QED) is 0.560. The molecule has 5 atom stereocenters. The van der Waals surface area contributed by atoms with E-state index in [0.717, 1.165) is 31.2 Å². The summed E-state index contributed by atoms with van der Waals surface area (Å²) >= 11 is 0. The molecule has 4 rings (SSSR count). The number of carbonyl (C=O) groups excluding carboxylic acids is 1. The zero-order valence-corrected chi connectivity index (χ0v) is 20.3. The third kappa shape index (κ3) is 4.61. The van der Waals surface area contributed by atoms with Crippen molar-refractivity contribution in [3.05, 3.63) is 29.6 Å². The molecule has 6 heteroatoms. The van der Waals surface area contributed by atoms with Crippen LogP contribution >= 0.6 is 0 Å². The van der Waals surface area contributed by atoms with Gasteiger partial charge in [-0.25, -0.2) is 9.18 Å². The largest absolute Gasteiger partial charge is 0.484 e. The molecule has 178 valence electrons. The zero-order chi connectivity index (χ0) is 23.3. The number of likely N-dealkylation sites (tertiary alicyclic amines) is 1. The normalized spacial score (nSPS) is 31.9. The van der Waals surface area contributed by atoms with Crippen molar-refractivity contribution in [2.75, 3.05) is 13.1 Å². The van der Waals surface area contributed by atoms with E-state index in [-0.39, 0.29) is 36.0 Å². The Labute approximate surface area is 191 Å². The molecule has 1 amide bonds. The molecule has 0 aliphatic carbocycles. The zero-order valence-electron chi connectivity index (χ0n) is 20.3. The molecule has 1 aromatic carbocycles. The first-order valence-electron chi connectivity index (χ1n) is 12.1. The second kappa shape index (κ2) is 8.51. The van der Waals surface area contributed by atoms with Crippen molar-refractivity contribution < 1.29 is 23.4 Å². The number of benzene rings is 1. The highest BCUT2D eigenvalue weighted by Crippen LogP contribution is 2.55. The number of amides is 1. The lowest BCUT2D eigenvalue weighted by Crippen LogP contribution is -2.57. The summed E-state index contributed by atoms with van der Waals surface area (Å²) in [6, 6.07) is 5.15. The fourth-order valence-corrected chi connectivity index (χ4v) is 5.48. The maximum atomic E-state index is 14.7. The van der Waals surface area contributed by atoms with E-state index in [4.69, 9.17) is 14.2 Å². The lowest BCUT2D eigenvalue weighted by Gasteiger charge is -2.54. The number of rotatable bonds is 3. The van der Waals surface area contributed by atoms with Gasteiger partial charge in [0.1, 0.15) is 11.2 Å². The van der Waals surface area contributed by atoms with Crippen molar-refractivity contribution in [3.8, 4) is 5.75 Å². The van der Waals surface area contributed by atoms with Gasteiger partial charge >= 0.3 is 6.09 Å². The first kappa shape index (κ1) is 23.3. The summed E-state index contributed by atoms with van der Waals surface area (Å²) < 4.78 is 33.5. The van der Waals surface area contributed by atoms with E-state index in [1.165, 1.54) is 6.07 Å². The third-order valence-corrected chi connectivity index (χ3v) is 7.20. The van der Waals surface area contributed by atoms with Gasteiger partial charge in [-0.15, -0.1) is 0 Å². The van der Waals surface area contributed by atoms with Gasteiger partial charge in [-0.2, -0.15) is 0 Å². The SMILES string of the molecule is CC(C)CC[C@]1(C)Oc2c(F)cccc2[C@H]2O[C@H]3CCN(C(=O)OC(C)(C)C)C[C@H]3C[C@@H]21. The summed E-state index contributed by atoms with van der Waals surface area (Å²) in [5.41, 5.74) is -0.198. The molecule has 5 nitrogen and oxygen atoms in total. The number of hydrogen-bond acceptors (Lipinski definition) is 4. The summed E-state index contributed by atoms with van der Waals surface area (Å²) in [5, 5.41) is 0. The highest BCUT2D eigenvalue weighted by atomic mass is 19.1. The molecule has 2 saturated heterocycles. The summed E-state index contributed by atoms with van der Waals surface area (Å²) in [6.45, 7) is 13.4. The summed E-state index contributed by atoms with van der Waals surface area (Å²) in [4.78, 5) is 14.5. The molecular formula is C26H38FNO4. The number of hydrogen-bond donors (Lipinski definition) is 0. The first-order chi connectivity index (χ1) is 15.0. The molecule has 3 aliphatic rings. The Balaban J connectivity index is 1.59. The van der Waals surface area contributed by atoms with Crippen molar-refractivity contribution in [2.24, 2.45) is 17.8 Å². The standard InChI is InChI=1S/C26H38FNO4/c1-16(2)10-12-26(6)19-14-17-15-28(24(29)32-25(3,4)5)13-11-21(17)30-22(19)18-8-7-9-20(27)23(18)31-26/h7-9,16-17,19,21-22H,10-15H2,1-6H3/t17-,19+,21+,22-,26+/m1/s1. The minimum absolute atomic E-state index is 0.0542. The Bertz CT molecular complexity index is 851. The van der Waals surface area contributed by atoms with E-state index in [1.807, 2.05) is 31.7 Å². The lowest BCUT2D eigenvalue weighted by atomic mass is 9.68. The highest BCUT2D eigenvalue weighted by Gasteiger charge is 2.53. The average molecular weight is 448 g/mol. The van der Waals surface area contributed by atoms with Crippen LogP contribution in [0.3, 0.4) is 0 Å². The third-order valence-electron chi connectivity index (χ3n) is 7.20. The van der Waals surface area contributed by atoms with Gasteiger partial charge in [0.25, 0.3) is 0 Å². The van der Waals surface area contributed by atoms with Gasteiger partial charge in [-0.05, 0) is 65.4 Å². The van der Waals surface area contributed by atoms with Crippen LogP contribution in [0.2, 0.25) is 0 Å². The Morgan fingerprint density at radius 2 is 2.09 bits per heavy atom. The smallest absolute Gasteiger partial charge is 0.410 e. The van der Waals surface area contributed by atoms with Gasteiger partial charge in [0.15, 0.2) is 11.6 Å². The molecule has 0 saturated carbocycles. The molecule has 2 fully saturated rings. The van der Waals surface area contributed by atoms with Crippen LogP contribution in [0, 0.1) is 23.6 Å². The van der Waals surface area contributed by atoms with E-state index in [1.54, 1.807) is 6.07 Å². The number of nitrogens with zero attached hydrogens (tertiary/aromatic N) is 1. The van der Waals surface area contributed by atoms with E-state index in [9.17, 15) is 9.18 Å². The number of carbonyl (C=O) groups is 1. The molecule has 0 bridgehead atoms. The van der Waals surface area contributed by atoms with Gasteiger partial charge in [-0.1, -0.05) is 26.0 Å². The molecule has 32 heavy (non-hydrogen) atoms. The molecule has 0 aromatic heterocycles. The number of fused-ring (bicyclic) bond motifs is 4. The van der Waals surface area contributed by atoms with Gasteiger partial charge in [-0.3, -0.25) is 0 Å². The fraction of sp³-hybridized carbons (Fsp3) is 0.731. The van der Waals surface area contributed by atoms with Crippen LogP contribution in [0.25, 0.3) is 0 Å². The maximum absolute atomic E-state index is 14.7. The highest BCUT2D eigenvalue weighted by molar-refractivity contribution is 5.68. The minimum Gasteiger partial charge on any atom is -0.484 e. The fourth-order valence-electron chi connectivity index (χ4n) is 5.48. The van der Waals surface area contributed by atoms with Crippen molar-refractivity contribution in [2.45, 2.75) is 90.6 Å². The lowest BCUT2D eigenvalue weighted by molar-refractivity contribution is -0.192. The van der Waals surface area contributed by atoms with Crippen LogP contribution in [0.15, 0.2) is 18.2 Å². The molecule has 0 spiro atoms. The Hall–Kier alpha value is -1.82. The predicted octanol–water partition coefficient (Wildman–Crippen LogP) is 6.12. The van der Waals surface area contributed by atoms with E-state index < -0.39 is 11.2 Å². The second-order valence-corrected chi connectivity index (χ2v) is 11.4. The van der Waals surface area contributed by atoms with Crippen LogP contribution in [-0.2, 0) is 9.47 Å². The molecule has 3 heterocycles. The van der Waals surface area contributed by atoms with E-state index >= 15 is 0 Å². The van der Waals surface area contributed by atoms with Gasteiger partial charge in [0.2, 0.25) is 0 Å². The summed E-state index contributed by atoms with van der Waals surface area (Å²) in [7, 11) is 0. The topological polar surface area (TPSA) is 48.0 Å². The van der Waals surface area contributed by atoms with Gasteiger partial charge < -0.3 is 19.1 Å². The molecule has 0 unspecified atom stereocenters. The molecule has 1 aromatic rings. The number of para-hydroxylation sites is 1. The van der Waals surface area contributed by atoms with Crippen LogP contribution in [0.1, 0.15) is 78.9 Å². The number of ether oxygens (including phenoxy) is 3. The minimum atomic E-state index is -0.511. The molecular weight excluding hydrogens is 409 g/mol. The summed E-state index contributed by atoms with van der Waals surface area (Å²) in [5.74, 6) is 0.891. The maximum Gasteiger partial charge on any atom is 0.410 e. The van der Waals surface area contributed by atoms with Crippen LogP contribution < -0.4 is 4.74 Å². The van der Waals surface area contributed by atoms with E-state index in [0.29, 0.717) is 24.8 Å². The van der Waals surface area contributed by atoms with Crippen molar-refractivity contribution >= 4 is 6.09 Å². The first-order valence-corrected chi connectivity index (χ1v) is 12.1. The van der Waals surface area contributed by atoms with Gasteiger partial charge in [0, 0.05) is 30.5 Å². The predicted molar refractivity (Wildman–Crippen MR) is 121 cm³/mol. The number of halogens is 1. The average Bonchev–Trinajstić information content (AvgIpc) is 2.71. The van der Waals surface area contributed by atoms with Crippen molar-refractivity contribution in [3.63, 3.8) is 0 Å². The van der Waals surface area contributed by atoms with Crippen molar-refractivity contribution in [1.29, 1.82) is 0 Å². The number of piperidine rings is 1. The Kier molecular flexibility index (Phi) is 6.21. The molecule has 0 N–H and O–H groups in total. The van der Waals surface area contributed by atoms with Crippen LogP contribution in [0.4, 0.5) is 9.18 Å². The Morgan fingerprint density at radius 3 is 2.78 bits per heavy atom. The Morgan fingerprint density at radius 1 is 1.34 bits per heavy atom. The molecule has 3 aliphatic heterocycles. The monoisotopic (exact) mass is 447 g/mol. The van der Waals surface area contributed by atoms with Crippen LogP contribution in [0.5, 0.6) is 5.75 Å². The molecule has 0 radical (unpaired) electrons. The van der Waals surface area contributed by atoms with Crippen molar-refractivity contribution in [1.82, 2.24) is 4.90 Å². The van der Waals surface area contributed by atoms with Gasteiger partial charge in [0.05, 0.1) is 12.2 Å². The van der Waals surface area contributed by atoms with Crippen LogP contribution in [-0.4, -0.2) is 41.4 Å².